The van der Waals surface area contributed by atoms with Crippen LogP contribution in [0.2, 0.25) is 5.02 Å². The molecule has 1 amide bonds. The van der Waals surface area contributed by atoms with Gasteiger partial charge in [-0.15, -0.1) is 0 Å². The van der Waals surface area contributed by atoms with Crippen LogP contribution in [0.4, 0.5) is 5.69 Å². The molecule has 0 fully saturated rings. The molecule has 1 aromatic carbocycles. The van der Waals surface area contributed by atoms with Gasteiger partial charge in [0.1, 0.15) is 0 Å². The van der Waals surface area contributed by atoms with E-state index in [2.05, 4.69) is 5.32 Å². The van der Waals surface area contributed by atoms with Crippen LogP contribution in [0.25, 0.3) is 0 Å². The summed E-state index contributed by atoms with van der Waals surface area (Å²) >= 11 is 5.97. The van der Waals surface area contributed by atoms with Crippen molar-refractivity contribution in [3.05, 3.63) is 47.4 Å². The highest BCUT2D eigenvalue weighted by Gasteiger charge is 2.19. The number of halogens is 1. The predicted octanol–water partition coefficient (Wildman–Crippen LogP) is 1.98. The number of sulfonamides is 1. The molecule has 0 aliphatic heterocycles. The fourth-order valence-corrected chi connectivity index (χ4v) is 2.85. The Labute approximate surface area is 149 Å². The van der Waals surface area contributed by atoms with Gasteiger partial charge in [0.25, 0.3) is 5.91 Å². The van der Waals surface area contributed by atoms with E-state index in [1.54, 1.807) is 0 Å². The van der Waals surface area contributed by atoms with E-state index < -0.39 is 28.5 Å². The highest BCUT2D eigenvalue weighted by atomic mass is 35.5. The lowest BCUT2D eigenvalue weighted by atomic mass is 10.3. The van der Waals surface area contributed by atoms with Crippen molar-refractivity contribution in [1.82, 2.24) is 4.31 Å². The Hall–Kier alpha value is -2.36. The third-order valence-electron chi connectivity index (χ3n) is 3.05. The zero-order valence-electron chi connectivity index (χ0n) is 13.4. The third kappa shape index (κ3) is 4.59. The van der Waals surface area contributed by atoms with E-state index in [9.17, 15) is 18.0 Å². The molecule has 134 valence electrons. The Morgan fingerprint density at radius 2 is 2.00 bits per heavy atom. The predicted molar refractivity (Wildman–Crippen MR) is 89.9 cm³/mol. The minimum atomic E-state index is -3.68. The van der Waals surface area contributed by atoms with Crippen molar-refractivity contribution in [2.24, 2.45) is 0 Å². The number of benzene rings is 1. The molecule has 0 atom stereocenters. The lowest BCUT2D eigenvalue weighted by Gasteiger charge is -2.13. The van der Waals surface area contributed by atoms with Crippen LogP contribution in [0.15, 0.2) is 45.9 Å². The molecule has 0 saturated carbocycles. The third-order valence-corrected chi connectivity index (χ3v) is 5.19. The van der Waals surface area contributed by atoms with Crippen molar-refractivity contribution in [2.75, 3.05) is 26.0 Å². The number of rotatable bonds is 6. The molecule has 0 unspecified atom stereocenters. The first kappa shape index (κ1) is 19.0. The smallest absolute Gasteiger partial charge is 0.374 e. The van der Waals surface area contributed by atoms with Crippen LogP contribution in [0, 0.1) is 0 Å². The first-order chi connectivity index (χ1) is 11.7. The average Bonchev–Trinajstić information content (AvgIpc) is 3.09. The maximum absolute atomic E-state index is 12.1. The monoisotopic (exact) mass is 386 g/mol. The molecular weight excluding hydrogens is 372 g/mol. The van der Waals surface area contributed by atoms with Gasteiger partial charge in [-0.3, -0.25) is 4.79 Å². The van der Waals surface area contributed by atoms with Crippen LogP contribution in [-0.2, 0) is 19.6 Å². The van der Waals surface area contributed by atoms with Crippen LogP contribution in [0.1, 0.15) is 10.6 Å². The van der Waals surface area contributed by atoms with Gasteiger partial charge < -0.3 is 14.5 Å². The first-order valence-electron chi connectivity index (χ1n) is 6.94. The Morgan fingerprint density at radius 1 is 1.28 bits per heavy atom. The van der Waals surface area contributed by atoms with Gasteiger partial charge in [-0.25, -0.2) is 17.5 Å². The highest BCUT2D eigenvalue weighted by Crippen LogP contribution is 2.26. The van der Waals surface area contributed by atoms with E-state index in [1.807, 2.05) is 0 Å². The minimum Gasteiger partial charge on any atom is -0.457 e. The first-order valence-corrected chi connectivity index (χ1v) is 8.76. The number of carbonyl (C=O) groups excluding carboxylic acids is 2. The van der Waals surface area contributed by atoms with Crippen LogP contribution < -0.4 is 5.32 Å². The number of furan rings is 1. The van der Waals surface area contributed by atoms with Gasteiger partial charge in [0, 0.05) is 14.1 Å². The second-order valence-electron chi connectivity index (χ2n) is 5.03. The van der Waals surface area contributed by atoms with Crippen molar-refractivity contribution in [3.63, 3.8) is 0 Å². The van der Waals surface area contributed by atoms with Gasteiger partial charge in [0.2, 0.25) is 15.8 Å². The number of carbonyl (C=O) groups is 2. The van der Waals surface area contributed by atoms with E-state index >= 15 is 0 Å². The maximum Gasteiger partial charge on any atom is 0.374 e. The molecule has 8 nitrogen and oxygen atoms in total. The molecule has 1 aromatic heterocycles. The van der Waals surface area contributed by atoms with Gasteiger partial charge in [0.05, 0.1) is 21.9 Å². The second kappa shape index (κ2) is 7.68. The minimum absolute atomic E-state index is 0.0371. The molecule has 10 heteroatoms. The Kier molecular flexibility index (Phi) is 5.83. The molecule has 1 N–H and O–H groups in total. The number of amides is 1. The average molecular weight is 387 g/mol. The number of nitrogens with zero attached hydrogens (tertiary/aromatic N) is 1. The molecule has 0 saturated heterocycles. The molecule has 1 heterocycles. The van der Waals surface area contributed by atoms with E-state index in [-0.39, 0.29) is 21.4 Å². The molecule has 2 rings (SSSR count). The van der Waals surface area contributed by atoms with Crippen LogP contribution >= 0.6 is 11.6 Å². The number of anilines is 1. The lowest BCUT2D eigenvalue weighted by Crippen LogP contribution is -2.23. The standard InChI is InChI=1S/C15H15ClN2O6S/c1-18(2)25(21,22)10-5-6-11(16)12(8-10)17-14(19)9-24-15(20)13-4-3-7-23-13/h3-8H,9H2,1-2H3,(H,17,19). The molecule has 0 radical (unpaired) electrons. The highest BCUT2D eigenvalue weighted by molar-refractivity contribution is 7.89. The van der Waals surface area contributed by atoms with E-state index in [0.717, 1.165) is 4.31 Å². The summed E-state index contributed by atoms with van der Waals surface area (Å²) in [5.41, 5.74) is 0.0867. The molecule has 2 aromatic rings. The summed E-state index contributed by atoms with van der Waals surface area (Å²) in [7, 11) is -0.911. The number of ether oxygens (including phenoxy) is 1. The fourth-order valence-electron chi connectivity index (χ4n) is 1.75. The second-order valence-corrected chi connectivity index (χ2v) is 7.59. The Balaban J connectivity index is 2.06. The summed E-state index contributed by atoms with van der Waals surface area (Å²) in [4.78, 5) is 23.4. The summed E-state index contributed by atoms with van der Waals surface area (Å²) in [6.07, 6.45) is 1.30. The summed E-state index contributed by atoms with van der Waals surface area (Å²) < 4.78 is 34.9. The van der Waals surface area contributed by atoms with Gasteiger partial charge in [-0.2, -0.15) is 0 Å². The zero-order valence-corrected chi connectivity index (χ0v) is 14.9. The number of hydrogen-bond donors (Lipinski definition) is 1. The number of hydrogen-bond acceptors (Lipinski definition) is 6. The molecular formula is C15H15ClN2O6S. The van der Waals surface area contributed by atoms with Crippen molar-refractivity contribution >= 4 is 39.2 Å². The summed E-state index contributed by atoms with van der Waals surface area (Å²) in [6, 6.07) is 6.80. The van der Waals surface area contributed by atoms with Crippen LogP contribution in [0.5, 0.6) is 0 Å². The normalized spacial score (nSPS) is 11.4. The quantitative estimate of drug-likeness (QED) is 0.761. The van der Waals surface area contributed by atoms with Gasteiger partial charge in [-0.05, 0) is 30.3 Å². The maximum atomic E-state index is 12.1. The molecule has 25 heavy (non-hydrogen) atoms. The van der Waals surface area contributed by atoms with Crippen molar-refractivity contribution in [1.29, 1.82) is 0 Å². The Morgan fingerprint density at radius 3 is 2.60 bits per heavy atom. The number of esters is 1. The molecule has 0 aliphatic carbocycles. The molecule has 0 aliphatic rings. The summed E-state index contributed by atoms with van der Waals surface area (Å²) in [6.45, 7) is -0.583. The van der Waals surface area contributed by atoms with Gasteiger partial charge >= 0.3 is 5.97 Å². The summed E-state index contributed by atoms with van der Waals surface area (Å²) in [5, 5.41) is 2.54. The van der Waals surface area contributed by atoms with Crippen LogP contribution in [-0.4, -0.2) is 45.3 Å². The molecule has 0 spiro atoms. The zero-order chi connectivity index (χ0) is 18.6. The molecule has 0 bridgehead atoms. The van der Waals surface area contributed by atoms with Crippen molar-refractivity contribution in [3.8, 4) is 0 Å². The largest absolute Gasteiger partial charge is 0.457 e. The van der Waals surface area contributed by atoms with E-state index in [0.29, 0.717) is 0 Å². The number of nitrogens with one attached hydrogen (secondary N) is 1. The SMILES string of the molecule is CN(C)S(=O)(=O)c1ccc(Cl)c(NC(=O)COC(=O)c2ccco2)c1. The van der Waals surface area contributed by atoms with Crippen molar-refractivity contribution in [2.45, 2.75) is 4.90 Å². The summed E-state index contributed by atoms with van der Waals surface area (Å²) in [5.74, 6) is -1.51. The van der Waals surface area contributed by atoms with Crippen LogP contribution in [0.3, 0.4) is 0 Å². The van der Waals surface area contributed by atoms with E-state index in [1.165, 1.54) is 50.7 Å². The van der Waals surface area contributed by atoms with Gasteiger partial charge in [0.15, 0.2) is 6.61 Å². The van der Waals surface area contributed by atoms with Gasteiger partial charge in [-0.1, -0.05) is 11.6 Å². The van der Waals surface area contributed by atoms with Crippen molar-refractivity contribution < 1.29 is 27.2 Å². The fraction of sp³-hybridized carbons (Fsp3) is 0.200. The van der Waals surface area contributed by atoms with E-state index in [4.69, 9.17) is 20.8 Å². The Bertz CT molecular complexity index is 877. The lowest BCUT2D eigenvalue weighted by molar-refractivity contribution is -0.119. The topological polar surface area (TPSA) is 106 Å².